The van der Waals surface area contributed by atoms with E-state index in [0.717, 1.165) is 13.0 Å². The molecule has 0 unspecified atom stereocenters. The van der Waals surface area contributed by atoms with Crippen molar-refractivity contribution in [3.05, 3.63) is 0 Å². The minimum Gasteiger partial charge on any atom is -0.356 e. The van der Waals surface area contributed by atoms with Gasteiger partial charge in [-0.3, -0.25) is 0 Å². The summed E-state index contributed by atoms with van der Waals surface area (Å²) in [5.74, 6) is 0. The lowest BCUT2D eigenvalue weighted by Crippen LogP contribution is -2.10. The standard InChI is InChI=1S/C9H20O2/c1-4-5-6-7-8-11-9(2)10-3/h9H,4-8H2,1-3H3/t9-/m1/s1. The lowest BCUT2D eigenvalue weighted by molar-refractivity contribution is -0.111. The van der Waals surface area contributed by atoms with E-state index in [1.54, 1.807) is 7.11 Å². The first-order valence-corrected chi connectivity index (χ1v) is 4.45. The first kappa shape index (κ1) is 10.9. The Balaban J connectivity index is 2.89. The molecule has 0 heterocycles. The second-order valence-corrected chi connectivity index (χ2v) is 2.73. The monoisotopic (exact) mass is 160 g/mol. The van der Waals surface area contributed by atoms with Crippen LogP contribution < -0.4 is 0 Å². The van der Waals surface area contributed by atoms with Crippen molar-refractivity contribution in [3.63, 3.8) is 0 Å². The average Bonchev–Trinajstić information content (AvgIpc) is 2.04. The molecule has 0 aromatic heterocycles. The highest BCUT2D eigenvalue weighted by atomic mass is 16.7. The third-order valence-electron chi connectivity index (χ3n) is 1.68. The average molecular weight is 160 g/mol. The second-order valence-electron chi connectivity index (χ2n) is 2.73. The molecule has 1 atom stereocenters. The molecule has 2 heteroatoms. The summed E-state index contributed by atoms with van der Waals surface area (Å²) in [6.07, 6.45) is 4.97. The third-order valence-corrected chi connectivity index (χ3v) is 1.68. The molecular weight excluding hydrogens is 140 g/mol. The van der Waals surface area contributed by atoms with Gasteiger partial charge in [0.1, 0.15) is 0 Å². The molecule has 0 aliphatic heterocycles. The van der Waals surface area contributed by atoms with E-state index in [1.807, 2.05) is 6.92 Å². The Hall–Kier alpha value is -0.0800. The third kappa shape index (κ3) is 7.82. The minimum absolute atomic E-state index is 0.0448. The molecule has 0 aliphatic rings. The summed E-state index contributed by atoms with van der Waals surface area (Å²) in [5, 5.41) is 0. The SMILES string of the molecule is CCCCCCO[C@H](C)OC. The number of ether oxygens (including phenoxy) is 2. The fraction of sp³-hybridized carbons (Fsp3) is 1.00. The zero-order valence-corrected chi connectivity index (χ0v) is 7.93. The molecule has 11 heavy (non-hydrogen) atoms. The fourth-order valence-electron chi connectivity index (χ4n) is 0.846. The van der Waals surface area contributed by atoms with Crippen LogP contribution in [0.5, 0.6) is 0 Å². The highest BCUT2D eigenvalue weighted by Crippen LogP contribution is 2.00. The molecule has 0 saturated carbocycles. The smallest absolute Gasteiger partial charge is 0.154 e. The zero-order chi connectivity index (χ0) is 8.53. The van der Waals surface area contributed by atoms with Crippen LogP contribution >= 0.6 is 0 Å². The van der Waals surface area contributed by atoms with Crippen LogP contribution in [0.15, 0.2) is 0 Å². The number of rotatable bonds is 7. The van der Waals surface area contributed by atoms with E-state index in [9.17, 15) is 0 Å². The van der Waals surface area contributed by atoms with E-state index in [-0.39, 0.29) is 6.29 Å². The van der Waals surface area contributed by atoms with Crippen LogP contribution in [0.25, 0.3) is 0 Å². The highest BCUT2D eigenvalue weighted by Gasteiger charge is 1.96. The Morgan fingerprint density at radius 1 is 1.18 bits per heavy atom. The molecule has 0 aromatic rings. The van der Waals surface area contributed by atoms with Gasteiger partial charge >= 0.3 is 0 Å². The van der Waals surface area contributed by atoms with E-state index in [4.69, 9.17) is 9.47 Å². The lowest BCUT2D eigenvalue weighted by Gasteiger charge is -2.09. The van der Waals surface area contributed by atoms with E-state index in [1.165, 1.54) is 19.3 Å². The van der Waals surface area contributed by atoms with Gasteiger partial charge in [-0.1, -0.05) is 26.2 Å². The summed E-state index contributed by atoms with van der Waals surface area (Å²) >= 11 is 0. The van der Waals surface area contributed by atoms with Crippen LogP contribution in [-0.4, -0.2) is 20.0 Å². The highest BCUT2D eigenvalue weighted by molar-refractivity contribution is 4.39. The fourth-order valence-corrected chi connectivity index (χ4v) is 0.846. The summed E-state index contributed by atoms with van der Waals surface area (Å²) < 4.78 is 10.2. The van der Waals surface area contributed by atoms with Gasteiger partial charge in [0.2, 0.25) is 0 Å². The van der Waals surface area contributed by atoms with Gasteiger partial charge in [0, 0.05) is 13.7 Å². The molecule has 0 rings (SSSR count). The van der Waals surface area contributed by atoms with Crippen molar-refractivity contribution in [1.82, 2.24) is 0 Å². The van der Waals surface area contributed by atoms with Crippen molar-refractivity contribution in [1.29, 1.82) is 0 Å². The first-order chi connectivity index (χ1) is 5.31. The van der Waals surface area contributed by atoms with Gasteiger partial charge in [0.05, 0.1) is 0 Å². The summed E-state index contributed by atoms with van der Waals surface area (Å²) in [7, 11) is 1.66. The van der Waals surface area contributed by atoms with Crippen molar-refractivity contribution >= 4 is 0 Å². The normalized spacial score (nSPS) is 13.4. The van der Waals surface area contributed by atoms with Crippen LogP contribution in [0.1, 0.15) is 39.5 Å². The number of methoxy groups -OCH3 is 1. The molecule has 2 nitrogen and oxygen atoms in total. The first-order valence-electron chi connectivity index (χ1n) is 4.45. The van der Waals surface area contributed by atoms with Crippen molar-refractivity contribution in [3.8, 4) is 0 Å². The predicted molar refractivity (Wildman–Crippen MR) is 46.6 cm³/mol. The maximum Gasteiger partial charge on any atom is 0.154 e. The molecule has 0 bridgehead atoms. The molecular formula is C9H20O2. The molecule has 0 spiro atoms. The molecule has 0 saturated heterocycles. The van der Waals surface area contributed by atoms with Crippen LogP contribution in [0.2, 0.25) is 0 Å². The van der Waals surface area contributed by atoms with Gasteiger partial charge in [-0.2, -0.15) is 0 Å². The second kappa shape index (κ2) is 8.02. The molecule has 0 N–H and O–H groups in total. The number of hydrogen-bond acceptors (Lipinski definition) is 2. The molecule has 0 aliphatic carbocycles. The van der Waals surface area contributed by atoms with Gasteiger partial charge in [-0.15, -0.1) is 0 Å². The Kier molecular flexibility index (Phi) is 7.96. The van der Waals surface area contributed by atoms with Crippen LogP contribution in [0.4, 0.5) is 0 Å². The van der Waals surface area contributed by atoms with Crippen LogP contribution in [0, 0.1) is 0 Å². The summed E-state index contributed by atoms with van der Waals surface area (Å²) in [5.41, 5.74) is 0. The lowest BCUT2D eigenvalue weighted by atomic mass is 10.2. The Morgan fingerprint density at radius 3 is 2.45 bits per heavy atom. The largest absolute Gasteiger partial charge is 0.356 e. The van der Waals surface area contributed by atoms with E-state index in [0.29, 0.717) is 0 Å². The summed E-state index contributed by atoms with van der Waals surface area (Å²) in [6.45, 7) is 4.95. The van der Waals surface area contributed by atoms with E-state index in [2.05, 4.69) is 6.92 Å². The quantitative estimate of drug-likeness (QED) is 0.421. The summed E-state index contributed by atoms with van der Waals surface area (Å²) in [6, 6.07) is 0. The van der Waals surface area contributed by atoms with Gasteiger partial charge < -0.3 is 9.47 Å². The van der Waals surface area contributed by atoms with Crippen LogP contribution in [-0.2, 0) is 9.47 Å². The van der Waals surface area contributed by atoms with Crippen molar-refractivity contribution in [2.24, 2.45) is 0 Å². The van der Waals surface area contributed by atoms with Crippen molar-refractivity contribution < 1.29 is 9.47 Å². The Morgan fingerprint density at radius 2 is 1.91 bits per heavy atom. The topological polar surface area (TPSA) is 18.5 Å². The molecule has 68 valence electrons. The Labute approximate surface area is 69.9 Å². The minimum atomic E-state index is -0.0448. The maximum atomic E-state index is 5.32. The zero-order valence-electron chi connectivity index (χ0n) is 7.93. The molecule has 0 amide bonds. The number of unbranched alkanes of at least 4 members (excludes halogenated alkanes) is 3. The summed E-state index contributed by atoms with van der Waals surface area (Å²) in [4.78, 5) is 0. The van der Waals surface area contributed by atoms with Gasteiger partial charge in [-0.25, -0.2) is 0 Å². The van der Waals surface area contributed by atoms with Crippen molar-refractivity contribution in [2.45, 2.75) is 45.8 Å². The molecule has 0 fully saturated rings. The van der Waals surface area contributed by atoms with Gasteiger partial charge in [0.25, 0.3) is 0 Å². The molecule has 0 aromatic carbocycles. The molecule has 0 radical (unpaired) electrons. The van der Waals surface area contributed by atoms with Crippen LogP contribution in [0.3, 0.4) is 0 Å². The van der Waals surface area contributed by atoms with Crippen molar-refractivity contribution in [2.75, 3.05) is 13.7 Å². The Bertz CT molecular complexity index is 74.0. The van der Waals surface area contributed by atoms with E-state index < -0.39 is 0 Å². The maximum absolute atomic E-state index is 5.32. The number of hydrogen-bond donors (Lipinski definition) is 0. The van der Waals surface area contributed by atoms with Gasteiger partial charge in [0.15, 0.2) is 6.29 Å². The van der Waals surface area contributed by atoms with Gasteiger partial charge in [-0.05, 0) is 13.3 Å². The van der Waals surface area contributed by atoms with E-state index >= 15 is 0 Å². The predicted octanol–water partition coefficient (Wildman–Crippen LogP) is 2.58.